The van der Waals surface area contributed by atoms with Crippen molar-refractivity contribution >= 4 is 5.91 Å². The standard InChI is InChI=1S/C16H22N4O2/c1-4-20(5-2)11-10-17-15(21)13-6-8-14(9-7-13)16-18-12(3)19-22-16/h6-9H,4-5,10-11H2,1-3H3,(H,17,21). The van der Waals surface area contributed by atoms with E-state index in [2.05, 4.69) is 34.2 Å². The van der Waals surface area contributed by atoms with Crippen LogP contribution in [0.15, 0.2) is 28.8 Å². The Morgan fingerprint density at radius 3 is 2.45 bits per heavy atom. The van der Waals surface area contributed by atoms with Gasteiger partial charge in [0.2, 0.25) is 0 Å². The molecule has 0 atom stereocenters. The fourth-order valence-electron chi connectivity index (χ4n) is 2.15. The van der Waals surface area contributed by atoms with Gasteiger partial charge >= 0.3 is 0 Å². The van der Waals surface area contributed by atoms with Gasteiger partial charge in [0, 0.05) is 24.2 Å². The number of benzene rings is 1. The number of aromatic nitrogens is 2. The first-order valence-corrected chi connectivity index (χ1v) is 7.55. The van der Waals surface area contributed by atoms with Crippen LogP contribution in [0, 0.1) is 6.92 Å². The molecule has 1 aromatic heterocycles. The van der Waals surface area contributed by atoms with Crippen molar-refractivity contribution in [1.82, 2.24) is 20.4 Å². The van der Waals surface area contributed by atoms with Crippen molar-refractivity contribution < 1.29 is 9.32 Å². The third-order valence-electron chi connectivity index (χ3n) is 3.53. The molecule has 0 saturated carbocycles. The van der Waals surface area contributed by atoms with Crippen LogP contribution in [0.25, 0.3) is 11.5 Å². The Hall–Kier alpha value is -2.21. The zero-order valence-corrected chi connectivity index (χ0v) is 13.3. The topological polar surface area (TPSA) is 71.3 Å². The monoisotopic (exact) mass is 302 g/mol. The molecule has 6 heteroatoms. The van der Waals surface area contributed by atoms with Crippen LogP contribution in [0.4, 0.5) is 0 Å². The van der Waals surface area contributed by atoms with Crippen LogP contribution >= 0.6 is 0 Å². The second kappa shape index (κ2) is 7.70. The lowest BCUT2D eigenvalue weighted by atomic mass is 10.1. The summed E-state index contributed by atoms with van der Waals surface area (Å²) in [5.74, 6) is 0.986. The summed E-state index contributed by atoms with van der Waals surface area (Å²) in [4.78, 5) is 18.5. The molecule has 1 amide bonds. The second-order valence-electron chi connectivity index (χ2n) is 5.01. The van der Waals surface area contributed by atoms with Crippen LogP contribution in [0.2, 0.25) is 0 Å². The van der Waals surface area contributed by atoms with E-state index in [4.69, 9.17) is 4.52 Å². The van der Waals surface area contributed by atoms with E-state index in [-0.39, 0.29) is 5.91 Å². The third kappa shape index (κ3) is 4.14. The number of amides is 1. The van der Waals surface area contributed by atoms with Crippen molar-refractivity contribution in [2.24, 2.45) is 0 Å². The summed E-state index contributed by atoms with van der Waals surface area (Å²) in [6.07, 6.45) is 0. The van der Waals surface area contributed by atoms with Gasteiger partial charge in [-0.15, -0.1) is 0 Å². The highest BCUT2D eigenvalue weighted by Crippen LogP contribution is 2.17. The average Bonchev–Trinajstić information content (AvgIpc) is 2.98. The van der Waals surface area contributed by atoms with Crippen molar-refractivity contribution in [3.63, 3.8) is 0 Å². The summed E-state index contributed by atoms with van der Waals surface area (Å²) in [7, 11) is 0. The first-order chi connectivity index (χ1) is 10.6. The molecule has 118 valence electrons. The van der Waals surface area contributed by atoms with Gasteiger partial charge in [0.05, 0.1) is 0 Å². The maximum atomic E-state index is 12.1. The second-order valence-corrected chi connectivity index (χ2v) is 5.01. The number of rotatable bonds is 7. The highest BCUT2D eigenvalue weighted by Gasteiger charge is 2.09. The van der Waals surface area contributed by atoms with Crippen molar-refractivity contribution in [2.75, 3.05) is 26.2 Å². The fourth-order valence-corrected chi connectivity index (χ4v) is 2.15. The van der Waals surface area contributed by atoms with Gasteiger partial charge in [0.15, 0.2) is 5.82 Å². The number of nitrogens with zero attached hydrogens (tertiary/aromatic N) is 3. The lowest BCUT2D eigenvalue weighted by Gasteiger charge is -2.17. The predicted molar refractivity (Wildman–Crippen MR) is 84.6 cm³/mol. The Morgan fingerprint density at radius 1 is 1.23 bits per heavy atom. The van der Waals surface area contributed by atoms with Crippen molar-refractivity contribution in [3.05, 3.63) is 35.7 Å². The first-order valence-electron chi connectivity index (χ1n) is 7.55. The number of carbonyl (C=O) groups is 1. The first kappa shape index (κ1) is 16.2. The highest BCUT2D eigenvalue weighted by molar-refractivity contribution is 5.94. The number of hydrogen-bond acceptors (Lipinski definition) is 5. The molecule has 0 fully saturated rings. The molecule has 22 heavy (non-hydrogen) atoms. The van der Waals surface area contributed by atoms with Gasteiger partial charge in [0.1, 0.15) is 0 Å². The molecular weight excluding hydrogens is 280 g/mol. The number of aryl methyl sites for hydroxylation is 1. The Bertz CT molecular complexity index is 603. The van der Waals surface area contributed by atoms with Crippen molar-refractivity contribution in [3.8, 4) is 11.5 Å². The van der Waals surface area contributed by atoms with Crippen LogP contribution in [0.3, 0.4) is 0 Å². The quantitative estimate of drug-likeness (QED) is 0.848. The zero-order valence-electron chi connectivity index (χ0n) is 13.3. The normalized spacial score (nSPS) is 10.9. The highest BCUT2D eigenvalue weighted by atomic mass is 16.5. The average molecular weight is 302 g/mol. The Morgan fingerprint density at radius 2 is 1.91 bits per heavy atom. The minimum Gasteiger partial charge on any atom is -0.351 e. The van der Waals surface area contributed by atoms with Gasteiger partial charge in [0.25, 0.3) is 11.8 Å². The Balaban J connectivity index is 1.91. The molecule has 1 aromatic carbocycles. The van der Waals surface area contributed by atoms with Gasteiger partial charge in [-0.2, -0.15) is 4.98 Å². The minimum atomic E-state index is -0.0691. The zero-order chi connectivity index (χ0) is 15.9. The molecule has 0 bridgehead atoms. The summed E-state index contributed by atoms with van der Waals surface area (Å²) >= 11 is 0. The van der Waals surface area contributed by atoms with E-state index in [1.54, 1.807) is 19.1 Å². The molecule has 2 aromatic rings. The van der Waals surface area contributed by atoms with E-state index in [9.17, 15) is 4.79 Å². The molecule has 0 aliphatic carbocycles. The maximum Gasteiger partial charge on any atom is 0.257 e. The van der Waals surface area contributed by atoms with Gasteiger partial charge in [-0.25, -0.2) is 0 Å². The van der Waals surface area contributed by atoms with Crippen molar-refractivity contribution in [1.29, 1.82) is 0 Å². The lowest BCUT2D eigenvalue weighted by molar-refractivity contribution is 0.0949. The molecule has 6 nitrogen and oxygen atoms in total. The van der Waals surface area contributed by atoms with Gasteiger partial charge < -0.3 is 14.7 Å². The summed E-state index contributed by atoms with van der Waals surface area (Å²) in [6.45, 7) is 9.48. The molecule has 0 saturated heterocycles. The molecule has 1 N–H and O–H groups in total. The molecule has 2 rings (SSSR count). The Kier molecular flexibility index (Phi) is 5.66. The fraction of sp³-hybridized carbons (Fsp3) is 0.438. The van der Waals surface area contributed by atoms with Crippen LogP contribution in [0.1, 0.15) is 30.0 Å². The van der Waals surface area contributed by atoms with Crippen LogP contribution in [-0.2, 0) is 0 Å². The number of likely N-dealkylation sites (N-methyl/N-ethyl adjacent to an activating group) is 1. The summed E-state index contributed by atoms with van der Waals surface area (Å²) in [5, 5.41) is 6.68. The van der Waals surface area contributed by atoms with Crippen LogP contribution in [-0.4, -0.2) is 47.1 Å². The molecule has 0 unspecified atom stereocenters. The molecule has 1 heterocycles. The van der Waals surface area contributed by atoms with Gasteiger partial charge in [-0.1, -0.05) is 19.0 Å². The van der Waals surface area contributed by atoms with E-state index in [0.717, 1.165) is 25.2 Å². The maximum absolute atomic E-state index is 12.1. The summed E-state index contributed by atoms with van der Waals surface area (Å²) in [5.41, 5.74) is 1.43. The number of nitrogens with one attached hydrogen (secondary N) is 1. The third-order valence-corrected chi connectivity index (χ3v) is 3.53. The molecule has 0 spiro atoms. The number of hydrogen-bond donors (Lipinski definition) is 1. The van der Waals surface area contributed by atoms with E-state index in [1.807, 2.05) is 12.1 Å². The smallest absolute Gasteiger partial charge is 0.257 e. The number of carbonyl (C=O) groups excluding carboxylic acids is 1. The van der Waals surface area contributed by atoms with E-state index in [0.29, 0.717) is 23.8 Å². The largest absolute Gasteiger partial charge is 0.351 e. The molecular formula is C16H22N4O2. The molecule has 0 radical (unpaired) electrons. The molecule has 0 aliphatic heterocycles. The van der Waals surface area contributed by atoms with Gasteiger partial charge in [-0.05, 0) is 44.3 Å². The SMILES string of the molecule is CCN(CC)CCNC(=O)c1ccc(-c2nc(C)no2)cc1. The molecule has 0 aliphatic rings. The van der Waals surface area contributed by atoms with Gasteiger partial charge in [-0.3, -0.25) is 4.79 Å². The summed E-state index contributed by atoms with van der Waals surface area (Å²) < 4.78 is 5.10. The Labute approximate surface area is 130 Å². The van der Waals surface area contributed by atoms with Crippen LogP contribution < -0.4 is 5.32 Å². The summed E-state index contributed by atoms with van der Waals surface area (Å²) in [6, 6.07) is 7.15. The van der Waals surface area contributed by atoms with Crippen molar-refractivity contribution in [2.45, 2.75) is 20.8 Å². The van der Waals surface area contributed by atoms with E-state index < -0.39 is 0 Å². The van der Waals surface area contributed by atoms with Crippen LogP contribution in [0.5, 0.6) is 0 Å². The van der Waals surface area contributed by atoms with E-state index >= 15 is 0 Å². The minimum absolute atomic E-state index is 0.0691. The lowest BCUT2D eigenvalue weighted by Crippen LogP contribution is -2.34. The van der Waals surface area contributed by atoms with E-state index in [1.165, 1.54) is 0 Å². The predicted octanol–water partition coefficient (Wildman–Crippen LogP) is 2.12.